The van der Waals surface area contributed by atoms with Crippen molar-refractivity contribution in [2.75, 3.05) is 40.8 Å². The molecule has 1 aromatic carbocycles. The van der Waals surface area contributed by atoms with Gasteiger partial charge in [-0.2, -0.15) is 0 Å². The Balaban J connectivity index is 1.66. The lowest BCUT2D eigenvalue weighted by Gasteiger charge is -2.50. The molecule has 0 saturated carbocycles. The summed E-state index contributed by atoms with van der Waals surface area (Å²) >= 11 is 0. The van der Waals surface area contributed by atoms with Crippen LogP contribution in [0.1, 0.15) is 119 Å². The minimum Gasteiger partial charge on any atom is -0.463 e. The molecule has 0 aromatic heterocycles. The molecule has 10 unspecified atom stereocenters. The van der Waals surface area contributed by atoms with Crippen LogP contribution in [0.3, 0.4) is 0 Å². The highest BCUT2D eigenvalue weighted by Crippen LogP contribution is 2.39. The number of methoxy groups -OCH3 is 1. The molecular weight excluding hydrogens is 897 g/mol. The van der Waals surface area contributed by atoms with Gasteiger partial charge in [0.05, 0.1) is 36.9 Å². The van der Waals surface area contributed by atoms with Crippen LogP contribution >= 0.6 is 0 Å². The first-order valence-electron chi connectivity index (χ1n) is 24.9. The minimum atomic E-state index is -1.42. The molecule has 16 atom stereocenters. The molecule has 3 fully saturated rings. The van der Waals surface area contributed by atoms with E-state index in [1.54, 1.807) is 60.5 Å². The molecule has 0 bridgehead atoms. The van der Waals surface area contributed by atoms with E-state index in [0.29, 0.717) is 26.1 Å². The largest absolute Gasteiger partial charge is 0.463 e. The van der Waals surface area contributed by atoms with Gasteiger partial charge in [0.15, 0.2) is 24.3 Å². The van der Waals surface area contributed by atoms with Crippen LogP contribution in [0.15, 0.2) is 30.3 Å². The summed E-state index contributed by atoms with van der Waals surface area (Å²) in [6, 6.07) is 9.45. The molecule has 3 aliphatic rings. The monoisotopic (exact) mass is 979 g/mol. The number of carbonyl (C=O) groups excluding carboxylic acids is 5. The lowest BCUT2D eigenvalue weighted by molar-refractivity contribution is -0.344. The average molecular weight is 979 g/mol. The van der Waals surface area contributed by atoms with E-state index in [4.69, 9.17) is 42.6 Å². The topological polar surface area (TPSA) is 215 Å². The Kier molecular flexibility index (Phi) is 23.4. The van der Waals surface area contributed by atoms with E-state index in [0.717, 1.165) is 25.5 Å². The summed E-state index contributed by atoms with van der Waals surface area (Å²) in [5.74, 6) is -3.39. The molecule has 18 nitrogen and oxygen atoms in total. The third-order valence-electron chi connectivity index (χ3n) is 13.6. The first-order valence-corrected chi connectivity index (χ1v) is 24.9. The number of aryl methyl sites for hydroxylation is 1. The SMILES string of the molecule is CCC(=O)OC1C(C)OC(OC2C(C)OC(O[C@@H]3C(OC)[C@H](OC(=O)CC)CC(=O)O[C@H](C)CCN(CCCCc4ccccc4)C[C@H](O)[C@H](C)C[C@@H]3CC=O)C(O)C2N(C)C)CC1(C)OC(C)=O. The number of unbranched alkanes of at least 4 members (excludes halogenated alkanes) is 1. The van der Waals surface area contributed by atoms with Gasteiger partial charge in [-0.25, -0.2) is 0 Å². The molecule has 392 valence electrons. The van der Waals surface area contributed by atoms with Crippen LogP contribution < -0.4 is 0 Å². The molecule has 0 amide bonds. The van der Waals surface area contributed by atoms with Gasteiger partial charge in [-0.3, -0.25) is 19.2 Å². The van der Waals surface area contributed by atoms with Crippen LogP contribution in [0.4, 0.5) is 0 Å². The first-order chi connectivity index (χ1) is 32.7. The highest BCUT2D eigenvalue weighted by Gasteiger charge is 2.54. The number of carbonyl (C=O) groups is 5. The van der Waals surface area contributed by atoms with Gasteiger partial charge in [-0.15, -0.1) is 0 Å². The van der Waals surface area contributed by atoms with E-state index in [1.165, 1.54) is 19.6 Å². The van der Waals surface area contributed by atoms with Crippen LogP contribution in [0, 0.1) is 11.8 Å². The molecule has 3 aliphatic heterocycles. The maximum absolute atomic E-state index is 13.8. The summed E-state index contributed by atoms with van der Waals surface area (Å²) < 4.78 is 55.6. The van der Waals surface area contributed by atoms with Crippen molar-refractivity contribution in [2.24, 2.45) is 11.8 Å². The smallest absolute Gasteiger partial charge is 0.309 e. The third-order valence-corrected chi connectivity index (χ3v) is 13.6. The second kappa shape index (κ2) is 27.9. The number of esters is 4. The van der Waals surface area contributed by atoms with Crippen molar-refractivity contribution < 1.29 is 76.8 Å². The Labute approximate surface area is 409 Å². The Morgan fingerprint density at radius 1 is 0.928 bits per heavy atom. The predicted octanol–water partition coefficient (Wildman–Crippen LogP) is 4.55. The van der Waals surface area contributed by atoms with Crippen LogP contribution in [-0.2, 0) is 73.0 Å². The molecule has 3 saturated heterocycles. The van der Waals surface area contributed by atoms with Gasteiger partial charge in [0.1, 0.15) is 36.8 Å². The summed E-state index contributed by atoms with van der Waals surface area (Å²) in [6.07, 6.45) is -8.23. The van der Waals surface area contributed by atoms with Gasteiger partial charge in [0.2, 0.25) is 0 Å². The number of hydrogen-bond acceptors (Lipinski definition) is 18. The summed E-state index contributed by atoms with van der Waals surface area (Å²) in [5, 5.41) is 24.2. The number of aldehydes is 1. The highest BCUT2D eigenvalue weighted by atomic mass is 16.7. The molecule has 0 radical (unpaired) electrons. The standard InChI is InChI=1S/C51H82N2O16/c1-12-40(57)65-39-28-42(59)62-32(4)22-25-53(24-18-17-21-36-19-15-14-16-20-36)30-38(56)31(3)27-37(23-26-54)47(48(39)61-11)68-50-45(60)44(52(9)10)46(33(5)64-50)67-43-29-51(8,69-35(7)55)49(34(6)63-43)66-41(58)13-2/h14-16,19-20,26,31-34,37-39,43-50,56,60H,12-13,17-18,21-25,27-30H2,1-11H3/t31-,32-,33?,34?,37+,38+,39-,43?,44?,45?,46?,47+,48?,49?,50?,51?/m1/s1. The number of likely N-dealkylation sites (N-methyl/N-ethyl adjacent to an activating group) is 1. The highest BCUT2D eigenvalue weighted by molar-refractivity contribution is 5.73. The normalized spacial score (nSPS) is 35.5. The minimum absolute atomic E-state index is 0.00594. The molecular formula is C51H82N2O16. The van der Waals surface area contributed by atoms with Crippen molar-refractivity contribution in [3.63, 3.8) is 0 Å². The lowest BCUT2D eigenvalue weighted by atomic mass is 9.82. The van der Waals surface area contributed by atoms with Gasteiger partial charge < -0.3 is 67.4 Å². The van der Waals surface area contributed by atoms with E-state index in [2.05, 4.69) is 17.0 Å². The summed E-state index contributed by atoms with van der Waals surface area (Å²) in [7, 11) is 4.90. The number of rotatable bonds is 18. The number of cyclic esters (lactones) is 1. The first kappa shape index (κ1) is 58.0. The second-order valence-corrected chi connectivity index (χ2v) is 19.6. The van der Waals surface area contributed by atoms with Crippen molar-refractivity contribution in [3.05, 3.63) is 35.9 Å². The van der Waals surface area contributed by atoms with Gasteiger partial charge in [0, 0.05) is 52.8 Å². The molecule has 0 spiro atoms. The number of benzene rings is 1. The molecule has 3 heterocycles. The predicted molar refractivity (Wildman–Crippen MR) is 252 cm³/mol. The van der Waals surface area contributed by atoms with Crippen LogP contribution in [-0.4, -0.2) is 176 Å². The Morgan fingerprint density at radius 2 is 1.61 bits per heavy atom. The molecule has 1 aromatic rings. The van der Waals surface area contributed by atoms with E-state index < -0.39 is 121 Å². The fourth-order valence-corrected chi connectivity index (χ4v) is 9.95. The Bertz CT molecular complexity index is 1750. The van der Waals surface area contributed by atoms with Gasteiger partial charge in [-0.05, 0) is 97.8 Å². The molecule has 0 aliphatic carbocycles. The summed E-state index contributed by atoms with van der Waals surface area (Å²) in [6.45, 7) is 15.0. The zero-order valence-corrected chi connectivity index (χ0v) is 42.8. The fraction of sp³-hybridized carbons (Fsp3) is 0.784. The van der Waals surface area contributed by atoms with E-state index in [9.17, 15) is 34.2 Å². The summed E-state index contributed by atoms with van der Waals surface area (Å²) in [4.78, 5) is 68.2. The maximum atomic E-state index is 13.8. The van der Waals surface area contributed by atoms with Crippen LogP contribution in [0.5, 0.6) is 0 Å². The quantitative estimate of drug-likeness (QED) is 0.0893. The molecule has 4 rings (SSSR count). The zero-order chi connectivity index (χ0) is 51.0. The number of hydrogen-bond donors (Lipinski definition) is 2. The molecule has 18 heteroatoms. The molecule has 69 heavy (non-hydrogen) atoms. The number of aliphatic hydroxyl groups excluding tert-OH is 2. The van der Waals surface area contributed by atoms with E-state index in [1.807, 2.05) is 25.1 Å². The number of nitrogens with zero attached hydrogens (tertiary/aromatic N) is 2. The van der Waals surface area contributed by atoms with Gasteiger partial charge in [0.25, 0.3) is 0 Å². The summed E-state index contributed by atoms with van der Waals surface area (Å²) in [5.41, 5.74) is -0.0667. The average Bonchev–Trinajstić information content (AvgIpc) is 3.28. The third kappa shape index (κ3) is 17.0. The molecule has 2 N–H and O–H groups in total. The van der Waals surface area contributed by atoms with Crippen molar-refractivity contribution >= 4 is 30.2 Å². The van der Waals surface area contributed by atoms with Crippen molar-refractivity contribution in [1.29, 1.82) is 0 Å². The number of ether oxygens (including phenoxy) is 9. The van der Waals surface area contributed by atoms with Crippen molar-refractivity contribution in [2.45, 2.75) is 205 Å². The zero-order valence-electron chi connectivity index (χ0n) is 42.8. The van der Waals surface area contributed by atoms with Gasteiger partial charge >= 0.3 is 23.9 Å². The Hall–Kier alpha value is -3.59. The Morgan fingerprint density at radius 3 is 2.23 bits per heavy atom. The van der Waals surface area contributed by atoms with Crippen LogP contribution in [0.2, 0.25) is 0 Å². The van der Waals surface area contributed by atoms with Crippen molar-refractivity contribution in [1.82, 2.24) is 9.80 Å². The van der Waals surface area contributed by atoms with Gasteiger partial charge in [-0.1, -0.05) is 51.1 Å². The van der Waals surface area contributed by atoms with E-state index >= 15 is 0 Å². The maximum Gasteiger partial charge on any atom is 0.309 e. The van der Waals surface area contributed by atoms with Crippen molar-refractivity contribution in [3.8, 4) is 0 Å². The number of aliphatic hydroxyl groups is 2. The number of β-amino-alcohol motifs (C(OH)–C–C–N with tert-alkyl or cyclic N) is 1. The second-order valence-electron chi connectivity index (χ2n) is 19.6. The van der Waals surface area contributed by atoms with E-state index in [-0.39, 0.29) is 38.0 Å². The fourth-order valence-electron chi connectivity index (χ4n) is 9.95. The van der Waals surface area contributed by atoms with Crippen LogP contribution in [0.25, 0.3) is 0 Å². The lowest BCUT2D eigenvalue weighted by Crippen LogP contribution is -2.66.